The summed E-state index contributed by atoms with van der Waals surface area (Å²) in [5.74, 6) is -0.988. The number of thiazole rings is 1. The predicted octanol–water partition coefficient (Wildman–Crippen LogP) is 1.96. The second-order valence-corrected chi connectivity index (χ2v) is 5.16. The molecule has 1 N–H and O–H groups in total. The molecular formula is C12H13N3O2S. The number of rotatable bonds is 4. The zero-order valence-corrected chi connectivity index (χ0v) is 10.9. The van der Waals surface area contributed by atoms with Crippen molar-refractivity contribution in [2.24, 2.45) is 0 Å². The lowest BCUT2D eigenvalue weighted by molar-refractivity contribution is 0.0689. The molecule has 0 spiro atoms. The molecule has 2 heterocycles. The highest BCUT2D eigenvalue weighted by Crippen LogP contribution is 2.28. The second kappa shape index (κ2) is 5.24. The summed E-state index contributed by atoms with van der Waals surface area (Å²) < 4.78 is 0. The van der Waals surface area contributed by atoms with Crippen molar-refractivity contribution >= 4 is 17.3 Å². The quantitative estimate of drug-likeness (QED) is 0.913. The molecule has 0 amide bonds. The maximum Gasteiger partial charge on any atom is 0.355 e. The molecule has 0 atom stereocenters. The van der Waals surface area contributed by atoms with Gasteiger partial charge in [-0.05, 0) is 26.2 Å². The van der Waals surface area contributed by atoms with Gasteiger partial charge in [0.15, 0.2) is 5.69 Å². The van der Waals surface area contributed by atoms with Crippen LogP contribution in [0.1, 0.15) is 15.4 Å². The molecule has 0 aliphatic heterocycles. The number of aromatic nitrogens is 2. The third-order valence-corrected chi connectivity index (χ3v) is 3.36. The normalized spacial score (nSPS) is 10.8. The standard InChI is InChI=1S/C12H13N3O2S/c1-15(2)7-9-10(12(16)17)14-11(18-9)8-4-3-5-13-6-8/h3-6H,7H2,1-2H3,(H,16,17). The first-order valence-electron chi connectivity index (χ1n) is 5.36. The van der Waals surface area contributed by atoms with Gasteiger partial charge < -0.3 is 10.0 Å². The lowest BCUT2D eigenvalue weighted by Gasteiger charge is -2.06. The van der Waals surface area contributed by atoms with Crippen molar-refractivity contribution < 1.29 is 9.90 Å². The maximum atomic E-state index is 11.2. The maximum absolute atomic E-state index is 11.2. The number of carbonyl (C=O) groups is 1. The Bertz CT molecular complexity index is 552. The van der Waals surface area contributed by atoms with Crippen LogP contribution in [0.25, 0.3) is 10.6 Å². The van der Waals surface area contributed by atoms with Gasteiger partial charge in [-0.2, -0.15) is 0 Å². The van der Waals surface area contributed by atoms with Crippen LogP contribution in [-0.4, -0.2) is 40.0 Å². The fourth-order valence-electron chi connectivity index (χ4n) is 1.53. The monoisotopic (exact) mass is 263 g/mol. The molecule has 0 saturated heterocycles. The smallest absolute Gasteiger partial charge is 0.355 e. The third-order valence-electron chi connectivity index (χ3n) is 2.27. The van der Waals surface area contributed by atoms with E-state index in [1.54, 1.807) is 12.4 Å². The lowest BCUT2D eigenvalue weighted by Crippen LogP contribution is -2.12. The van der Waals surface area contributed by atoms with Gasteiger partial charge in [-0.1, -0.05) is 0 Å². The van der Waals surface area contributed by atoms with Crippen LogP contribution in [-0.2, 0) is 6.54 Å². The van der Waals surface area contributed by atoms with Crippen molar-refractivity contribution in [3.8, 4) is 10.6 Å². The Morgan fingerprint density at radius 3 is 2.83 bits per heavy atom. The molecule has 0 fully saturated rings. The van der Waals surface area contributed by atoms with Crippen molar-refractivity contribution in [1.82, 2.24) is 14.9 Å². The minimum absolute atomic E-state index is 0.132. The minimum atomic E-state index is -0.988. The van der Waals surface area contributed by atoms with Crippen molar-refractivity contribution in [1.29, 1.82) is 0 Å². The fourth-order valence-corrected chi connectivity index (χ4v) is 2.69. The highest BCUT2D eigenvalue weighted by atomic mass is 32.1. The molecule has 2 aromatic rings. The molecule has 6 heteroatoms. The predicted molar refractivity (Wildman–Crippen MR) is 69.7 cm³/mol. The second-order valence-electron chi connectivity index (χ2n) is 4.08. The first-order valence-corrected chi connectivity index (χ1v) is 6.17. The van der Waals surface area contributed by atoms with Gasteiger partial charge in [0.25, 0.3) is 0 Å². The molecule has 2 rings (SSSR count). The topological polar surface area (TPSA) is 66.3 Å². The Labute approximate surface area is 109 Å². The van der Waals surface area contributed by atoms with Crippen LogP contribution in [0, 0.1) is 0 Å². The molecule has 94 valence electrons. The summed E-state index contributed by atoms with van der Waals surface area (Å²) in [6.45, 7) is 0.569. The van der Waals surface area contributed by atoms with Crippen LogP contribution in [0.3, 0.4) is 0 Å². The van der Waals surface area contributed by atoms with Crippen LogP contribution in [0.15, 0.2) is 24.5 Å². The first kappa shape index (κ1) is 12.7. The van der Waals surface area contributed by atoms with E-state index < -0.39 is 5.97 Å². The van der Waals surface area contributed by atoms with E-state index >= 15 is 0 Å². The van der Waals surface area contributed by atoms with Crippen LogP contribution in [0.5, 0.6) is 0 Å². The molecular weight excluding hydrogens is 250 g/mol. The van der Waals surface area contributed by atoms with Gasteiger partial charge in [0.2, 0.25) is 0 Å². The Morgan fingerprint density at radius 1 is 1.50 bits per heavy atom. The molecule has 0 radical (unpaired) electrons. The highest BCUT2D eigenvalue weighted by molar-refractivity contribution is 7.15. The Morgan fingerprint density at radius 2 is 2.28 bits per heavy atom. The van der Waals surface area contributed by atoms with Crippen molar-refractivity contribution in [2.75, 3.05) is 14.1 Å². The minimum Gasteiger partial charge on any atom is -0.476 e. The largest absolute Gasteiger partial charge is 0.476 e. The van der Waals surface area contributed by atoms with Crippen LogP contribution < -0.4 is 0 Å². The van der Waals surface area contributed by atoms with E-state index in [-0.39, 0.29) is 5.69 Å². The molecule has 0 saturated carbocycles. The Hall–Kier alpha value is -1.79. The summed E-state index contributed by atoms with van der Waals surface area (Å²) >= 11 is 1.40. The molecule has 0 aliphatic carbocycles. The zero-order valence-electron chi connectivity index (χ0n) is 10.1. The molecule has 5 nitrogen and oxygen atoms in total. The van der Waals surface area contributed by atoms with Gasteiger partial charge in [-0.15, -0.1) is 11.3 Å². The molecule has 0 bridgehead atoms. The van der Waals surface area contributed by atoms with E-state index in [2.05, 4.69) is 9.97 Å². The van der Waals surface area contributed by atoms with Gasteiger partial charge >= 0.3 is 5.97 Å². The molecule has 18 heavy (non-hydrogen) atoms. The molecule has 0 unspecified atom stereocenters. The number of hydrogen-bond donors (Lipinski definition) is 1. The van der Waals surface area contributed by atoms with E-state index in [9.17, 15) is 4.79 Å². The number of carboxylic acids is 1. The van der Waals surface area contributed by atoms with Crippen molar-refractivity contribution in [3.05, 3.63) is 35.1 Å². The van der Waals surface area contributed by atoms with E-state index in [1.807, 2.05) is 31.1 Å². The SMILES string of the molecule is CN(C)Cc1sc(-c2cccnc2)nc1C(=O)O. The number of carboxylic acid groups (broad SMARTS) is 1. The van der Waals surface area contributed by atoms with Gasteiger partial charge in [0, 0.05) is 24.5 Å². The first-order chi connectivity index (χ1) is 8.58. The lowest BCUT2D eigenvalue weighted by atomic mass is 10.3. The summed E-state index contributed by atoms with van der Waals surface area (Å²) in [4.78, 5) is 22.0. The van der Waals surface area contributed by atoms with Crippen LogP contribution in [0.4, 0.5) is 0 Å². The molecule has 0 aliphatic rings. The van der Waals surface area contributed by atoms with E-state index in [0.717, 1.165) is 10.4 Å². The summed E-state index contributed by atoms with van der Waals surface area (Å²) in [6.07, 6.45) is 3.36. The van der Waals surface area contributed by atoms with Gasteiger partial charge in [0.1, 0.15) is 5.01 Å². The average Bonchev–Trinajstić information content (AvgIpc) is 2.73. The van der Waals surface area contributed by atoms with E-state index in [0.29, 0.717) is 11.6 Å². The van der Waals surface area contributed by atoms with Gasteiger partial charge in [-0.25, -0.2) is 9.78 Å². The van der Waals surface area contributed by atoms with Crippen molar-refractivity contribution in [3.63, 3.8) is 0 Å². The van der Waals surface area contributed by atoms with E-state index in [1.165, 1.54) is 11.3 Å². The van der Waals surface area contributed by atoms with Gasteiger partial charge in [0.05, 0.1) is 4.88 Å². The third kappa shape index (κ3) is 2.72. The highest BCUT2D eigenvalue weighted by Gasteiger charge is 2.18. The van der Waals surface area contributed by atoms with Crippen LogP contribution in [0.2, 0.25) is 0 Å². The summed E-state index contributed by atoms with van der Waals surface area (Å²) in [5.41, 5.74) is 0.975. The number of pyridine rings is 1. The van der Waals surface area contributed by atoms with E-state index in [4.69, 9.17) is 5.11 Å². The summed E-state index contributed by atoms with van der Waals surface area (Å²) in [6, 6.07) is 3.68. The molecule has 0 aromatic carbocycles. The van der Waals surface area contributed by atoms with Crippen LogP contribution >= 0.6 is 11.3 Å². The molecule has 2 aromatic heterocycles. The number of hydrogen-bond acceptors (Lipinski definition) is 5. The van der Waals surface area contributed by atoms with Crippen molar-refractivity contribution in [2.45, 2.75) is 6.54 Å². The fraction of sp³-hybridized carbons (Fsp3) is 0.250. The average molecular weight is 263 g/mol. The number of aromatic carboxylic acids is 1. The summed E-state index contributed by atoms with van der Waals surface area (Å²) in [5, 5.41) is 9.84. The Kier molecular flexibility index (Phi) is 3.69. The number of nitrogens with zero attached hydrogens (tertiary/aromatic N) is 3. The zero-order chi connectivity index (χ0) is 13.1. The summed E-state index contributed by atoms with van der Waals surface area (Å²) in [7, 11) is 3.80. The van der Waals surface area contributed by atoms with Gasteiger partial charge in [-0.3, -0.25) is 4.98 Å². The Balaban J connectivity index is 2.42.